The van der Waals surface area contributed by atoms with Crippen LogP contribution in [0.2, 0.25) is 0 Å². The minimum Gasteiger partial charge on any atom is -0.309 e. The van der Waals surface area contributed by atoms with Crippen molar-refractivity contribution in [2.75, 3.05) is 26.4 Å². The molecule has 0 aliphatic carbocycles. The van der Waals surface area contributed by atoms with Crippen LogP contribution >= 0.6 is 35.9 Å². The molecule has 1 aromatic heterocycles. The molecule has 0 N–H and O–H groups in total. The normalized spacial score (nSPS) is 11.0. The minimum atomic E-state index is 0.753. The third kappa shape index (κ3) is 3.30. The van der Waals surface area contributed by atoms with E-state index in [1.807, 2.05) is 0 Å². The van der Waals surface area contributed by atoms with Crippen molar-refractivity contribution in [3.8, 4) is 0 Å². The summed E-state index contributed by atoms with van der Waals surface area (Å²) in [6.07, 6.45) is 0. The first-order chi connectivity index (χ1) is 5.70. The number of thioether (sulfide) groups is 1. The monoisotopic (exact) mass is 221 g/mol. The molecule has 12 heavy (non-hydrogen) atoms. The van der Waals surface area contributed by atoms with Crippen LogP contribution in [0.1, 0.15) is 0 Å². The molecule has 0 saturated heterocycles. The fraction of sp³-hybridized carbons (Fsp3) is 0.667. The van der Waals surface area contributed by atoms with Crippen molar-refractivity contribution >= 4 is 35.9 Å². The lowest BCUT2D eigenvalue weighted by Crippen LogP contribution is -2.14. The summed E-state index contributed by atoms with van der Waals surface area (Å²) in [5.74, 6) is 1.06. The first-order valence-corrected chi connectivity index (χ1v) is 5.69. The molecule has 68 valence electrons. The third-order valence-corrected chi connectivity index (χ3v) is 3.77. The Bertz CT molecular complexity index is 236. The van der Waals surface area contributed by atoms with Crippen LogP contribution in [0.15, 0.2) is 9.24 Å². The summed E-state index contributed by atoms with van der Waals surface area (Å²) in [6.45, 7) is 1.07. The second-order valence-corrected chi connectivity index (χ2v) is 5.08. The molecule has 1 aromatic rings. The van der Waals surface area contributed by atoms with Crippen LogP contribution in [0.3, 0.4) is 0 Å². The predicted octanol–water partition coefficient (Wildman–Crippen LogP) is 1.48. The quantitative estimate of drug-likeness (QED) is 0.616. The van der Waals surface area contributed by atoms with Gasteiger partial charge < -0.3 is 4.90 Å². The number of hydrogen-bond acceptors (Lipinski definition) is 6. The zero-order valence-corrected chi connectivity index (χ0v) is 9.55. The van der Waals surface area contributed by atoms with Crippen molar-refractivity contribution in [3.05, 3.63) is 0 Å². The number of nitrogens with zero attached hydrogens (tertiary/aromatic N) is 3. The Kier molecular flexibility index (Phi) is 4.34. The maximum Gasteiger partial charge on any atom is 0.142 e. The SMILES string of the molecule is CN(C)CCSc1snnc1S. The summed E-state index contributed by atoms with van der Waals surface area (Å²) in [6, 6.07) is 0. The fourth-order valence-electron chi connectivity index (χ4n) is 0.590. The van der Waals surface area contributed by atoms with Gasteiger partial charge in [-0.25, -0.2) is 0 Å². The Morgan fingerprint density at radius 2 is 2.33 bits per heavy atom. The third-order valence-electron chi connectivity index (χ3n) is 1.21. The van der Waals surface area contributed by atoms with Gasteiger partial charge in [0.2, 0.25) is 0 Å². The van der Waals surface area contributed by atoms with Crippen molar-refractivity contribution in [3.63, 3.8) is 0 Å². The van der Waals surface area contributed by atoms with E-state index in [0.29, 0.717) is 0 Å². The lowest BCUT2D eigenvalue weighted by atomic mass is 10.7. The highest BCUT2D eigenvalue weighted by Gasteiger charge is 2.03. The van der Waals surface area contributed by atoms with E-state index in [1.54, 1.807) is 11.8 Å². The molecule has 0 fully saturated rings. The van der Waals surface area contributed by atoms with Crippen LogP contribution in [0.4, 0.5) is 0 Å². The van der Waals surface area contributed by atoms with Gasteiger partial charge in [-0.2, -0.15) is 0 Å². The molecule has 0 aromatic carbocycles. The van der Waals surface area contributed by atoms with Gasteiger partial charge in [0.25, 0.3) is 0 Å². The van der Waals surface area contributed by atoms with Gasteiger partial charge in [-0.3, -0.25) is 0 Å². The molecular weight excluding hydrogens is 210 g/mol. The summed E-state index contributed by atoms with van der Waals surface area (Å²) in [7, 11) is 4.13. The number of hydrogen-bond donors (Lipinski definition) is 1. The van der Waals surface area contributed by atoms with Crippen molar-refractivity contribution in [2.24, 2.45) is 0 Å². The van der Waals surface area contributed by atoms with Crippen molar-refractivity contribution in [1.29, 1.82) is 0 Å². The molecule has 0 bridgehead atoms. The van der Waals surface area contributed by atoms with Gasteiger partial charge >= 0.3 is 0 Å². The lowest BCUT2D eigenvalue weighted by Gasteiger charge is -2.07. The van der Waals surface area contributed by atoms with Gasteiger partial charge in [0.1, 0.15) is 9.24 Å². The molecule has 6 heteroatoms. The van der Waals surface area contributed by atoms with Gasteiger partial charge in [0.05, 0.1) is 0 Å². The van der Waals surface area contributed by atoms with E-state index in [1.165, 1.54) is 11.5 Å². The van der Waals surface area contributed by atoms with Crippen LogP contribution in [-0.2, 0) is 0 Å². The molecule has 0 radical (unpaired) electrons. The number of rotatable bonds is 4. The average Bonchev–Trinajstić information content (AvgIpc) is 2.36. The molecule has 1 rings (SSSR count). The summed E-state index contributed by atoms with van der Waals surface area (Å²) in [4.78, 5) is 2.15. The first-order valence-electron chi connectivity index (χ1n) is 3.49. The van der Waals surface area contributed by atoms with E-state index in [0.717, 1.165) is 21.5 Å². The Labute approximate surface area is 86.1 Å². The van der Waals surface area contributed by atoms with E-state index in [4.69, 9.17) is 0 Å². The van der Waals surface area contributed by atoms with Crippen LogP contribution in [0.5, 0.6) is 0 Å². The van der Waals surface area contributed by atoms with E-state index in [9.17, 15) is 0 Å². The molecule has 0 aliphatic heterocycles. The molecule has 1 heterocycles. The van der Waals surface area contributed by atoms with Crippen LogP contribution in [0.25, 0.3) is 0 Å². The predicted molar refractivity (Wildman–Crippen MR) is 56.4 cm³/mol. The minimum absolute atomic E-state index is 0.753. The molecular formula is C6H11N3S3. The Morgan fingerprint density at radius 1 is 1.58 bits per heavy atom. The number of thiol groups is 1. The summed E-state index contributed by atoms with van der Waals surface area (Å²) >= 11 is 7.34. The average molecular weight is 221 g/mol. The highest BCUT2D eigenvalue weighted by Crippen LogP contribution is 2.26. The van der Waals surface area contributed by atoms with E-state index >= 15 is 0 Å². The van der Waals surface area contributed by atoms with Crippen molar-refractivity contribution in [2.45, 2.75) is 9.24 Å². The lowest BCUT2D eigenvalue weighted by molar-refractivity contribution is 0.437. The molecule has 0 aliphatic rings. The first kappa shape index (κ1) is 10.3. The Morgan fingerprint density at radius 3 is 2.83 bits per heavy atom. The summed E-state index contributed by atoms with van der Waals surface area (Å²) < 4.78 is 4.91. The Balaban J connectivity index is 2.29. The summed E-state index contributed by atoms with van der Waals surface area (Å²) in [5.41, 5.74) is 0. The molecule has 0 spiro atoms. The highest BCUT2D eigenvalue weighted by atomic mass is 32.2. The van der Waals surface area contributed by atoms with Gasteiger partial charge in [-0.15, -0.1) is 29.5 Å². The zero-order chi connectivity index (χ0) is 8.97. The van der Waals surface area contributed by atoms with Crippen LogP contribution in [-0.4, -0.2) is 40.9 Å². The largest absolute Gasteiger partial charge is 0.309 e. The molecule has 0 unspecified atom stereocenters. The standard InChI is InChI=1S/C6H11N3S3/c1-9(2)3-4-11-6-5(10)7-8-12-6/h10H,3-4H2,1-2H3. The maximum absolute atomic E-state index is 4.18. The highest BCUT2D eigenvalue weighted by molar-refractivity contribution is 8.01. The van der Waals surface area contributed by atoms with Crippen molar-refractivity contribution in [1.82, 2.24) is 14.5 Å². The molecule has 0 saturated carbocycles. The fourth-order valence-corrected chi connectivity index (χ4v) is 2.70. The second-order valence-electron chi connectivity index (χ2n) is 2.54. The maximum atomic E-state index is 4.18. The van der Waals surface area contributed by atoms with Crippen LogP contribution in [0, 0.1) is 0 Å². The molecule has 3 nitrogen and oxygen atoms in total. The zero-order valence-electron chi connectivity index (χ0n) is 7.02. The van der Waals surface area contributed by atoms with E-state index in [-0.39, 0.29) is 0 Å². The van der Waals surface area contributed by atoms with Gasteiger partial charge in [-0.1, -0.05) is 4.49 Å². The Hall–Kier alpha value is 0.220. The topological polar surface area (TPSA) is 29.0 Å². The van der Waals surface area contributed by atoms with E-state index < -0.39 is 0 Å². The molecule has 0 atom stereocenters. The van der Waals surface area contributed by atoms with Gasteiger partial charge in [-0.05, 0) is 25.6 Å². The van der Waals surface area contributed by atoms with Crippen molar-refractivity contribution < 1.29 is 0 Å². The second kappa shape index (κ2) is 5.06. The van der Waals surface area contributed by atoms with Crippen LogP contribution < -0.4 is 0 Å². The summed E-state index contributed by atoms with van der Waals surface area (Å²) in [5, 5.41) is 4.57. The number of aromatic nitrogens is 2. The van der Waals surface area contributed by atoms with Gasteiger partial charge in [0.15, 0.2) is 0 Å². The van der Waals surface area contributed by atoms with Gasteiger partial charge in [0, 0.05) is 12.3 Å². The smallest absolute Gasteiger partial charge is 0.142 e. The van der Waals surface area contributed by atoms with E-state index in [2.05, 4.69) is 41.2 Å². The molecule has 0 amide bonds.